The van der Waals surface area contributed by atoms with E-state index in [0.29, 0.717) is 13.0 Å². The van der Waals surface area contributed by atoms with Gasteiger partial charge in [0.1, 0.15) is 12.4 Å². The topological polar surface area (TPSA) is 35.5 Å². The number of aldehydes is 1. The normalized spacial score (nSPS) is 13.9. The Bertz CT molecular complexity index is 913. The summed E-state index contributed by atoms with van der Waals surface area (Å²) in [5, 5.41) is 2.45. The molecule has 0 bridgehead atoms. The van der Waals surface area contributed by atoms with Crippen LogP contribution in [0.25, 0.3) is 0 Å². The Balaban J connectivity index is 2.39. The maximum atomic E-state index is 12.0. The molecule has 0 spiro atoms. The Kier molecular flexibility index (Phi) is 11.8. The summed E-state index contributed by atoms with van der Waals surface area (Å²) in [6.45, 7) is 17.9. The first kappa shape index (κ1) is 30.2. The van der Waals surface area contributed by atoms with E-state index in [2.05, 4.69) is 115 Å². The molecule has 0 aliphatic heterocycles. The van der Waals surface area contributed by atoms with Gasteiger partial charge in [-0.25, -0.2) is 0 Å². The van der Waals surface area contributed by atoms with Gasteiger partial charge >= 0.3 is 0 Å². The zero-order chi connectivity index (χ0) is 26.7. The highest BCUT2D eigenvalue weighted by Crippen LogP contribution is 2.37. The van der Waals surface area contributed by atoms with E-state index < -0.39 is 22.7 Å². The summed E-state index contributed by atoms with van der Waals surface area (Å²) in [4.78, 5) is 12.0. The van der Waals surface area contributed by atoms with E-state index in [4.69, 9.17) is 8.85 Å². The van der Waals surface area contributed by atoms with Gasteiger partial charge in [-0.3, -0.25) is 0 Å². The van der Waals surface area contributed by atoms with Crippen LogP contribution < -0.4 is 10.4 Å². The minimum Gasteiger partial charge on any atom is -0.407 e. The highest BCUT2D eigenvalue weighted by Gasteiger charge is 2.49. The van der Waals surface area contributed by atoms with Crippen molar-refractivity contribution in [3.8, 4) is 0 Å². The van der Waals surface area contributed by atoms with Crippen LogP contribution >= 0.6 is 0 Å². The van der Waals surface area contributed by atoms with Crippen LogP contribution in [-0.4, -0.2) is 35.6 Å². The first-order chi connectivity index (χ1) is 17.2. The average molecular weight is 523 g/mol. The fourth-order valence-electron chi connectivity index (χ4n) is 5.18. The average Bonchev–Trinajstić information content (AvgIpc) is 2.89. The molecule has 0 aliphatic carbocycles. The summed E-state index contributed by atoms with van der Waals surface area (Å²) < 4.78 is 13.5. The van der Waals surface area contributed by atoms with Crippen molar-refractivity contribution < 1.29 is 13.6 Å². The van der Waals surface area contributed by atoms with Crippen molar-refractivity contribution in [2.24, 2.45) is 0 Å². The molecular weight excluding hydrogens is 477 g/mol. The largest absolute Gasteiger partial charge is 0.407 e. The summed E-state index contributed by atoms with van der Waals surface area (Å²) in [5.74, 6) is 0. The van der Waals surface area contributed by atoms with E-state index >= 15 is 0 Å². The Labute approximate surface area is 221 Å². The van der Waals surface area contributed by atoms with Gasteiger partial charge in [-0.05, 0) is 40.0 Å². The molecule has 0 saturated carbocycles. The molecule has 2 aromatic rings. The molecule has 2 aromatic carbocycles. The Morgan fingerprint density at radius 2 is 1.42 bits per heavy atom. The van der Waals surface area contributed by atoms with Crippen molar-refractivity contribution in [1.29, 1.82) is 0 Å². The summed E-state index contributed by atoms with van der Waals surface area (Å²) in [6.07, 6.45) is 5.96. The highest BCUT2D eigenvalue weighted by atomic mass is 28.4. The fraction of sp³-hybridized carbons (Fsp3) is 0.452. The molecule has 36 heavy (non-hydrogen) atoms. The van der Waals surface area contributed by atoms with Crippen LogP contribution in [0.1, 0.15) is 54.4 Å². The quantitative estimate of drug-likeness (QED) is 0.143. The number of allylic oxidation sites excluding steroid dienone is 1. The summed E-state index contributed by atoms with van der Waals surface area (Å²) in [6, 6.07) is 24.5. The molecule has 0 aliphatic rings. The van der Waals surface area contributed by atoms with Crippen LogP contribution in [0, 0.1) is 0 Å². The predicted octanol–water partition coefficient (Wildman–Crippen LogP) is 7.04. The Morgan fingerprint density at radius 3 is 1.81 bits per heavy atom. The second-order valence-corrected chi connectivity index (χ2v) is 19.6. The zero-order valence-electron chi connectivity index (χ0n) is 23.3. The number of hydrogen-bond acceptors (Lipinski definition) is 3. The summed E-state index contributed by atoms with van der Waals surface area (Å²) in [5.41, 5.74) is 1.14. The van der Waals surface area contributed by atoms with Crippen LogP contribution in [-0.2, 0) is 13.6 Å². The number of carbonyl (C=O) groups is 1. The van der Waals surface area contributed by atoms with Crippen molar-refractivity contribution in [3.05, 3.63) is 85.0 Å². The maximum Gasteiger partial charge on any atom is 0.261 e. The standard InChI is InChI=1S/C31H46O3Si2/c1-8-18-27(25-28(26-32)34-35(9-2,10-3)11-4)23-24-33-36(31(5,6)7,29-19-14-12-15-20-29)30-21-16-13-17-22-30/h8,12-17,19-23,26,28H,1,9-11,18,24-25H2,2-7H3/b27-23-/t28-/m1/s1. The van der Waals surface area contributed by atoms with Gasteiger partial charge in [0.25, 0.3) is 8.32 Å². The van der Waals surface area contributed by atoms with Crippen molar-refractivity contribution >= 4 is 33.3 Å². The van der Waals surface area contributed by atoms with Crippen molar-refractivity contribution in [3.63, 3.8) is 0 Å². The van der Waals surface area contributed by atoms with E-state index in [1.807, 2.05) is 6.08 Å². The third-order valence-corrected chi connectivity index (χ3v) is 17.1. The number of hydrogen-bond donors (Lipinski definition) is 0. The van der Waals surface area contributed by atoms with E-state index in [0.717, 1.165) is 36.4 Å². The van der Waals surface area contributed by atoms with Gasteiger partial charge in [0.05, 0.1) is 6.61 Å². The third kappa shape index (κ3) is 7.25. The van der Waals surface area contributed by atoms with Crippen LogP contribution in [0.2, 0.25) is 23.2 Å². The van der Waals surface area contributed by atoms with E-state index in [1.165, 1.54) is 10.4 Å². The van der Waals surface area contributed by atoms with Crippen molar-refractivity contribution in [1.82, 2.24) is 0 Å². The molecular formula is C31H46O3Si2. The molecule has 0 amide bonds. The van der Waals surface area contributed by atoms with E-state index in [1.54, 1.807) is 0 Å². The minimum atomic E-state index is -2.61. The number of carbonyl (C=O) groups excluding carboxylic acids is 1. The molecule has 2 rings (SSSR count). The monoisotopic (exact) mass is 522 g/mol. The number of rotatable bonds is 15. The predicted molar refractivity (Wildman–Crippen MR) is 159 cm³/mol. The fourth-order valence-corrected chi connectivity index (χ4v) is 12.4. The maximum absolute atomic E-state index is 12.0. The lowest BCUT2D eigenvalue weighted by atomic mass is 10.1. The second-order valence-electron chi connectivity index (χ2n) is 10.6. The van der Waals surface area contributed by atoms with E-state index in [9.17, 15) is 4.79 Å². The first-order valence-corrected chi connectivity index (χ1v) is 17.8. The molecule has 3 nitrogen and oxygen atoms in total. The second kappa shape index (κ2) is 14.0. The molecule has 0 N–H and O–H groups in total. The lowest BCUT2D eigenvalue weighted by Gasteiger charge is -2.42. The number of benzene rings is 2. The summed E-state index contributed by atoms with van der Waals surface area (Å²) >= 11 is 0. The third-order valence-electron chi connectivity index (χ3n) is 7.44. The zero-order valence-corrected chi connectivity index (χ0v) is 25.3. The minimum absolute atomic E-state index is 0.0782. The first-order valence-electron chi connectivity index (χ1n) is 13.4. The van der Waals surface area contributed by atoms with Crippen LogP contribution in [0.5, 0.6) is 0 Å². The lowest BCUT2D eigenvalue weighted by molar-refractivity contribution is -0.114. The molecule has 0 heterocycles. The molecule has 0 radical (unpaired) electrons. The molecule has 0 unspecified atom stereocenters. The van der Waals surface area contributed by atoms with Crippen molar-refractivity contribution in [2.75, 3.05) is 6.61 Å². The van der Waals surface area contributed by atoms with E-state index in [-0.39, 0.29) is 5.04 Å². The van der Waals surface area contributed by atoms with Gasteiger partial charge in [0, 0.05) is 6.42 Å². The molecule has 0 fully saturated rings. The van der Waals surface area contributed by atoms with Gasteiger partial charge in [0.15, 0.2) is 8.32 Å². The van der Waals surface area contributed by atoms with Gasteiger partial charge in [-0.1, -0.05) is 120 Å². The van der Waals surface area contributed by atoms with Crippen LogP contribution in [0.3, 0.4) is 0 Å². The van der Waals surface area contributed by atoms with Gasteiger partial charge in [0.2, 0.25) is 0 Å². The molecule has 0 saturated heterocycles. The SMILES string of the molecule is C=CC/C(=C/CO[Si](c1ccccc1)(c1ccccc1)C(C)(C)C)C[C@H](C=O)O[Si](CC)(CC)CC. The Hall–Kier alpha value is -2.06. The Morgan fingerprint density at radius 1 is 0.917 bits per heavy atom. The van der Waals surface area contributed by atoms with Gasteiger partial charge in [-0.15, -0.1) is 6.58 Å². The van der Waals surface area contributed by atoms with Gasteiger partial charge in [-0.2, -0.15) is 0 Å². The summed E-state index contributed by atoms with van der Waals surface area (Å²) in [7, 11) is -4.48. The van der Waals surface area contributed by atoms with Crippen molar-refractivity contribution in [2.45, 2.75) is 83.7 Å². The molecule has 0 aromatic heterocycles. The van der Waals surface area contributed by atoms with Gasteiger partial charge < -0.3 is 13.6 Å². The smallest absolute Gasteiger partial charge is 0.261 e. The van der Waals surface area contributed by atoms with Crippen LogP contribution in [0.15, 0.2) is 85.0 Å². The van der Waals surface area contributed by atoms with Crippen LogP contribution in [0.4, 0.5) is 0 Å². The molecule has 5 heteroatoms. The molecule has 1 atom stereocenters. The molecule has 196 valence electrons. The highest BCUT2D eigenvalue weighted by molar-refractivity contribution is 6.99. The lowest BCUT2D eigenvalue weighted by Crippen LogP contribution is -2.66.